The van der Waals surface area contributed by atoms with Gasteiger partial charge >= 0.3 is 0 Å². The van der Waals surface area contributed by atoms with Gasteiger partial charge in [-0.15, -0.1) is 0 Å². The van der Waals surface area contributed by atoms with E-state index in [9.17, 15) is 9.18 Å². The zero-order valence-electron chi connectivity index (χ0n) is 19.8. The fraction of sp³-hybridized carbons (Fsp3) is 0.192. The van der Waals surface area contributed by atoms with Crippen LogP contribution in [0.1, 0.15) is 0 Å². The zero-order valence-corrected chi connectivity index (χ0v) is 19.8. The van der Waals surface area contributed by atoms with Crippen LogP contribution in [-0.4, -0.2) is 53.7 Å². The zero-order chi connectivity index (χ0) is 25.1. The van der Waals surface area contributed by atoms with E-state index in [1.165, 1.54) is 18.2 Å². The number of aromatic nitrogens is 3. The minimum absolute atomic E-state index is 0.313. The topological polar surface area (TPSA) is 96.3 Å². The smallest absolute Gasteiger partial charge is 0.247 e. The first-order valence-corrected chi connectivity index (χ1v) is 11.5. The molecule has 4 aromatic rings. The first-order valence-electron chi connectivity index (χ1n) is 11.5. The van der Waals surface area contributed by atoms with Gasteiger partial charge in [0.15, 0.2) is 0 Å². The van der Waals surface area contributed by atoms with E-state index in [-0.39, 0.29) is 11.7 Å². The molecule has 0 bridgehead atoms. The molecule has 3 N–H and O–H groups in total. The van der Waals surface area contributed by atoms with Crippen LogP contribution >= 0.6 is 0 Å². The molecular weight excluding hydrogens is 461 g/mol. The summed E-state index contributed by atoms with van der Waals surface area (Å²) >= 11 is 0. The second-order valence-electron chi connectivity index (χ2n) is 8.25. The summed E-state index contributed by atoms with van der Waals surface area (Å²) in [6.45, 7) is 6.84. The molecule has 0 aliphatic carbocycles. The third-order valence-electron chi connectivity index (χ3n) is 6.01. The fourth-order valence-electron chi connectivity index (χ4n) is 4.25. The van der Waals surface area contributed by atoms with Crippen LogP contribution in [-0.2, 0) is 4.79 Å². The summed E-state index contributed by atoms with van der Waals surface area (Å²) in [7, 11) is 1.59. The second kappa shape index (κ2) is 10.0. The van der Waals surface area contributed by atoms with Crippen molar-refractivity contribution < 1.29 is 13.9 Å². The van der Waals surface area contributed by atoms with Crippen LogP contribution in [0.3, 0.4) is 0 Å². The summed E-state index contributed by atoms with van der Waals surface area (Å²) in [5, 5.41) is 10.3. The molecule has 1 amide bonds. The van der Waals surface area contributed by atoms with Crippen molar-refractivity contribution in [1.82, 2.24) is 19.9 Å². The summed E-state index contributed by atoms with van der Waals surface area (Å²) in [6.07, 6.45) is 4.69. The Bertz CT molecular complexity index is 1430. The van der Waals surface area contributed by atoms with Gasteiger partial charge in [-0.3, -0.25) is 4.79 Å². The van der Waals surface area contributed by atoms with Crippen molar-refractivity contribution in [3.63, 3.8) is 0 Å². The van der Waals surface area contributed by atoms with Crippen molar-refractivity contribution in [1.29, 1.82) is 0 Å². The molecule has 5 rings (SSSR count). The lowest BCUT2D eigenvalue weighted by molar-refractivity contribution is -0.111. The van der Waals surface area contributed by atoms with E-state index in [1.807, 2.05) is 18.3 Å². The lowest BCUT2D eigenvalue weighted by atomic mass is 10.1. The van der Waals surface area contributed by atoms with E-state index in [4.69, 9.17) is 4.74 Å². The average Bonchev–Trinajstić information content (AvgIpc) is 3.32. The molecule has 2 aromatic heterocycles. The number of amides is 1. The number of anilines is 4. The van der Waals surface area contributed by atoms with Gasteiger partial charge in [0, 0.05) is 50.0 Å². The molecule has 10 heteroatoms. The quantitative estimate of drug-likeness (QED) is 0.341. The summed E-state index contributed by atoms with van der Waals surface area (Å²) in [5.41, 5.74) is 2.75. The van der Waals surface area contributed by atoms with Crippen LogP contribution in [0.15, 0.2) is 67.5 Å². The van der Waals surface area contributed by atoms with E-state index in [0.717, 1.165) is 37.3 Å². The van der Waals surface area contributed by atoms with E-state index in [0.29, 0.717) is 34.4 Å². The van der Waals surface area contributed by atoms with E-state index in [1.54, 1.807) is 36.1 Å². The minimum atomic E-state index is -0.321. The number of halogens is 1. The van der Waals surface area contributed by atoms with Gasteiger partial charge in [0.25, 0.3) is 0 Å². The number of carbonyl (C=O) groups is 1. The van der Waals surface area contributed by atoms with Crippen LogP contribution in [0.25, 0.3) is 16.7 Å². The number of nitrogens with one attached hydrogen (secondary N) is 3. The SMILES string of the molecule is C=CC(=O)Nc1cc(Nc2nccc(-n3ccc4ccc(F)cc43)n2)c(OC)cc1N1CCNCC1. The Morgan fingerprint density at radius 2 is 2.00 bits per heavy atom. The highest BCUT2D eigenvalue weighted by molar-refractivity contribution is 6.02. The maximum Gasteiger partial charge on any atom is 0.247 e. The largest absolute Gasteiger partial charge is 0.494 e. The molecule has 0 atom stereocenters. The fourth-order valence-corrected chi connectivity index (χ4v) is 4.25. The van der Waals surface area contributed by atoms with Crippen molar-refractivity contribution in [2.75, 3.05) is 48.8 Å². The Morgan fingerprint density at radius 3 is 2.78 bits per heavy atom. The maximum atomic E-state index is 13.9. The Morgan fingerprint density at radius 1 is 1.17 bits per heavy atom. The standard InChI is InChI=1S/C26H26FN7O2/c1-3-25(35)30-19-15-20(23(36-2)16-22(19)33-12-9-28-10-13-33)31-26-29-8-6-24(32-26)34-11-7-17-4-5-18(27)14-21(17)34/h3-8,11,14-16,28H,1,9-10,12-13H2,2H3,(H,30,35)(H,29,31,32). The Hall–Kier alpha value is -4.44. The molecule has 0 saturated carbocycles. The number of carbonyl (C=O) groups excluding carboxylic acids is 1. The first-order chi connectivity index (χ1) is 17.6. The van der Waals surface area contributed by atoms with Gasteiger partial charge in [0.05, 0.1) is 29.7 Å². The Kier molecular flexibility index (Phi) is 6.50. The molecule has 0 radical (unpaired) electrons. The van der Waals surface area contributed by atoms with E-state index in [2.05, 4.69) is 37.4 Å². The van der Waals surface area contributed by atoms with Gasteiger partial charge < -0.3 is 30.2 Å². The van der Waals surface area contributed by atoms with Crippen molar-refractivity contribution in [3.8, 4) is 11.6 Å². The highest BCUT2D eigenvalue weighted by Crippen LogP contribution is 2.38. The number of benzene rings is 2. The summed E-state index contributed by atoms with van der Waals surface area (Å²) in [6, 6.07) is 12.0. The highest BCUT2D eigenvalue weighted by Gasteiger charge is 2.19. The molecule has 2 aromatic carbocycles. The summed E-state index contributed by atoms with van der Waals surface area (Å²) in [4.78, 5) is 23.3. The van der Waals surface area contributed by atoms with Crippen LogP contribution in [0.2, 0.25) is 0 Å². The number of ether oxygens (including phenoxy) is 1. The van der Waals surface area contributed by atoms with Crippen molar-refractivity contribution >= 4 is 39.8 Å². The van der Waals surface area contributed by atoms with E-state index < -0.39 is 0 Å². The van der Waals surface area contributed by atoms with Gasteiger partial charge in [0.2, 0.25) is 11.9 Å². The second-order valence-corrected chi connectivity index (χ2v) is 8.25. The van der Waals surface area contributed by atoms with Gasteiger partial charge in [-0.05, 0) is 42.5 Å². The molecule has 3 heterocycles. The highest BCUT2D eigenvalue weighted by atomic mass is 19.1. The third-order valence-corrected chi connectivity index (χ3v) is 6.01. The number of hydrogen-bond acceptors (Lipinski definition) is 7. The van der Waals surface area contributed by atoms with Crippen LogP contribution < -0.4 is 25.6 Å². The Labute approximate surface area is 207 Å². The van der Waals surface area contributed by atoms with Crippen LogP contribution in [0.5, 0.6) is 5.75 Å². The van der Waals surface area contributed by atoms with Crippen molar-refractivity contribution in [2.45, 2.75) is 0 Å². The van der Waals surface area contributed by atoms with Crippen molar-refractivity contribution in [2.24, 2.45) is 0 Å². The van der Waals surface area contributed by atoms with Crippen LogP contribution in [0.4, 0.5) is 27.4 Å². The summed E-state index contributed by atoms with van der Waals surface area (Å²) < 4.78 is 21.3. The first kappa shape index (κ1) is 23.3. The number of nitrogens with zero attached hydrogens (tertiary/aromatic N) is 4. The molecular formula is C26H26FN7O2. The van der Waals surface area contributed by atoms with E-state index >= 15 is 0 Å². The van der Waals surface area contributed by atoms with Gasteiger partial charge in [-0.2, -0.15) is 4.98 Å². The molecule has 1 aliphatic heterocycles. The number of fused-ring (bicyclic) bond motifs is 1. The normalized spacial score (nSPS) is 13.4. The lowest BCUT2D eigenvalue weighted by Gasteiger charge is -2.31. The lowest BCUT2D eigenvalue weighted by Crippen LogP contribution is -2.43. The molecule has 0 spiro atoms. The van der Waals surface area contributed by atoms with Gasteiger partial charge in [-0.1, -0.05) is 6.58 Å². The third kappa shape index (κ3) is 4.71. The number of hydrogen-bond donors (Lipinski definition) is 3. The molecule has 36 heavy (non-hydrogen) atoms. The predicted octanol–water partition coefficient (Wildman–Crippen LogP) is 3.85. The van der Waals surface area contributed by atoms with Crippen molar-refractivity contribution in [3.05, 3.63) is 73.3 Å². The number of piperazine rings is 1. The van der Waals surface area contributed by atoms with Gasteiger partial charge in [0.1, 0.15) is 17.4 Å². The number of methoxy groups -OCH3 is 1. The predicted molar refractivity (Wildman–Crippen MR) is 139 cm³/mol. The molecule has 1 saturated heterocycles. The average molecular weight is 488 g/mol. The summed E-state index contributed by atoms with van der Waals surface area (Å²) in [5.74, 6) is 0.831. The molecule has 9 nitrogen and oxygen atoms in total. The monoisotopic (exact) mass is 487 g/mol. The Balaban J connectivity index is 1.51. The molecule has 1 fully saturated rings. The maximum absolute atomic E-state index is 13.9. The number of rotatable bonds is 7. The molecule has 1 aliphatic rings. The molecule has 0 unspecified atom stereocenters. The minimum Gasteiger partial charge on any atom is -0.494 e. The molecule has 184 valence electrons. The van der Waals surface area contributed by atoms with Gasteiger partial charge in [-0.25, -0.2) is 9.37 Å². The van der Waals surface area contributed by atoms with Crippen LogP contribution in [0, 0.1) is 5.82 Å².